The van der Waals surface area contributed by atoms with Gasteiger partial charge in [-0.15, -0.1) is 0 Å². The first kappa shape index (κ1) is 10.1. The van der Waals surface area contributed by atoms with Crippen molar-refractivity contribution in [3.05, 3.63) is 21.6 Å². The maximum Gasteiger partial charge on any atom is 0.329 e. The van der Waals surface area contributed by atoms with Crippen molar-refractivity contribution in [3.8, 4) is 0 Å². The summed E-state index contributed by atoms with van der Waals surface area (Å²) in [6, 6.07) is 0.162. The highest BCUT2D eigenvalue weighted by molar-refractivity contribution is 6.28. The Morgan fingerprint density at radius 3 is 2.93 bits per heavy atom. The lowest BCUT2D eigenvalue weighted by atomic mass is 10.2. The van der Waals surface area contributed by atoms with E-state index in [0.717, 1.165) is 19.3 Å². The number of nitrogens with zero attached hydrogens (tertiary/aromatic N) is 3. The second kappa shape index (κ2) is 3.95. The van der Waals surface area contributed by atoms with Gasteiger partial charge in [0, 0.05) is 13.1 Å². The fourth-order valence-corrected chi connectivity index (χ4v) is 1.31. The van der Waals surface area contributed by atoms with Crippen molar-refractivity contribution >= 4 is 23.1 Å². The smallest absolute Gasteiger partial charge is 0.329 e. The van der Waals surface area contributed by atoms with Crippen molar-refractivity contribution in [1.82, 2.24) is 15.3 Å². The Bertz CT molecular complexity index is 395. The molecule has 0 spiro atoms. The monoisotopic (exact) mass is 229 g/mol. The van der Waals surface area contributed by atoms with Crippen LogP contribution in [0, 0.1) is 10.1 Å². The number of hydrogen-bond donors (Lipinski definition) is 2. The molecule has 1 aromatic heterocycles. The standard InChI is InChI=1S/C7H8ClN5O2/c8-7-10-3-5(13(14)15)6(12-7)11-4-1-9-2-4/h3-4,9H,1-2H2,(H,10,11,12). The van der Waals surface area contributed by atoms with Gasteiger partial charge in [0.25, 0.3) is 0 Å². The zero-order valence-corrected chi connectivity index (χ0v) is 8.36. The molecule has 7 nitrogen and oxygen atoms in total. The topological polar surface area (TPSA) is 93.0 Å². The molecule has 0 amide bonds. The number of aromatic nitrogens is 2. The van der Waals surface area contributed by atoms with Gasteiger partial charge in [0.05, 0.1) is 11.0 Å². The molecule has 1 saturated heterocycles. The van der Waals surface area contributed by atoms with Crippen LogP contribution in [0.15, 0.2) is 6.20 Å². The van der Waals surface area contributed by atoms with Gasteiger partial charge in [-0.3, -0.25) is 10.1 Å². The summed E-state index contributed by atoms with van der Waals surface area (Å²) in [4.78, 5) is 17.5. The lowest BCUT2D eigenvalue weighted by Gasteiger charge is -2.28. The lowest BCUT2D eigenvalue weighted by molar-refractivity contribution is -0.384. The van der Waals surface area contributed by atoms with Crippen LogP contribution in [0.5, 0.6) is 0 Å². The molecule has 2 rings (SSSR count). The summed E-state index contributed by atoms with van der Waals surface area (Å²) < 4.78 is 0. The van der Waals surface area contributed by atoms with Gasteiger partial charge in [-0.2, -0.15) is 4.98 Å². The van der Waals surface area contributed by atoms with Gasteiger partial charge in [0.15, 0.2) is 0 Å². The third kappa shape index (κ3) is 2.13. The molecule has 8 heteroatoms. The Morgan fingerprint density at radius 2 is 2.40 bits per heavy atom. The number of hydrogen-bond acceptors (Lipinski definition) is 6. The fourth-order valence-electron chi connectivity index (χ4n) is 1.18. The van der Waals surface area contributed by atoms with Crippen molar-refractivity contribution in [2.75, 3.05) is 18.4 Å². The van der Waals surface area contributed by atoms with E-state index in [-0.39, 0.29) is 22.8 Å². The Kier molecular flexibility index (Phi) is 2.65. The highest BCUT2D eigenvalue weighted by atomic mass is 35.5. The van der Waals surface area contributed by atoms with Crippen molar-refractivity contribution < 1.29 is 4.92 Å². The number of anilines is 1. The average Bonchev–Trinajstić information content (AvgIpc) is 2.11. The summed E-state index contributed by atoms with van der Waals surface area (Å²) in [6.07, 6.45) is 1.10. The van der Waals surface area contributed by atoms with E-state index >= 15 is 0 Å². The van der Waals surface area contributed by atoms with Gasteiger partial charge in [0.1, 0.15) is 6.20 Å². The molecular weight excluding hydrogens is 222 g/mol. The highest BCUT2D eigenvalue weighted by Gasteiger charge is 2.23. The Hall–Kier alpha value is -1.47. The Morgan fingerprint density at radius 1 is 1.67 bits per heavy atom. The molecule has 1 fully saturated rings. The molecule has 0 radical (unpaired) electrons. The van der Waals surface area contributed by atoms with E-state index in [1.165, 1.54) is 0 Å². The maximum absolute atomic E-state index is 10.6. The Labute approximate surface area is 90.0 Å². The van der Waals surface area contributed by atoms with Gasteiger partial charge in [-0.05, 0) is 11.6 Å². The van der Waals surface area contributed by atoms with Crippen LogP contribution in [-0.2, 0) is 0 Å². The maximum atomic E-state index is 10.6. The van der Waals surface area contributed by atoms with Crippen LogP contribution in [0.2, 0.25) is 5.28 Å². The predicted molar refractivity (Wildman–Crippen MR) is 54.0 cm³/mol. The predicted octanol–water partition coefficient (Wildman–Crippen LogP) is 0.422. The molecule has 1 aliphatic heterocycles. The van der Waals surface area contributed by atoms with E-state index in [1.807, 2.05) is 0 Å². The molecule has 0 atom stereocenters. The number of rotatable bonds is 3. The van der Waals surface area contributed by atoms with Crippen molar-refractivity contribution in [2.45, 2.75) is 6.04 Å². The summed E-state index contributed by atoms with van der Waals surface area (Å²) in [5.41, 5.74) is -0.161. The Balaban J connectivity index is 2.24. The van der Waals surface area contributed by atoms with Crippen LogP contribution in [0.1, 0.15) is 0 Å². The van der Waals surface area contributed by atoms with Gasteiger partial charge >= 0.3 is 5.69 Å². The molecule has 1 aromatic rings. The van der Waals surface area contributed by atoms with E-state index in [2.05, 4.69) is 20.6 Å². The zero-order valence-electron chi connectivity index (χ0n) is 7.61. The van der Waals surface area contributed by atoms with Crippen molar-refractivity contribution in [1.29, 1.82) is 0 Å². The minimum Gasteiger partial charge on any atom is -0.359 e. The van der Waals surface area contributed by atoms with Gasteiger partial charge in [0.2, 0.25) is 11.1 Å². The van der Waals surface area contributed by atoms with Crippen LogP contribution < -0.4 is 10.6 Å². The van der Waals surface area contributed by atoms with E-state index in [9.17, 15) is 10.1 Å². The van der Waals surface area contributed by atoms with Gasteiger partial charge in [-0.1, -0.05) is 0 Å². The molecule has 80 valence electrons. The van der Waals surface area contributed by atoms with E-state index in [4.69, 9.17) is 11.6 Å². The average molecular weight is 230 g/mol. The summed E-state index contributed by atoms with van der Waals surface area (Å²) >= 11 is 5.57. The SMILES string of the molecule is O=[N+]([O-])c1cnc(Cl)nc1NC1CNC1. The second-order valence-corrected chi connectivity index (χ2v) is 3.47. The van der Waals surface area contributed by atoms with Crippen LogP contribution in [-0.4, -0.2) is 34.0 Å². The summed E-state index contributed by atoms with van der Waals surface area (Å²) in [6.45, 7) is 1.53. The van der Waals surface area contributed by atoms with E-state index < -0.39 is 4.92 Å². The minimum absolute atomic E-state index is 0.00428. The number of nitro groups is 1. The van der Waals surface area contributed by atoms with Gasteiger partial charge < -0.3 is 10.6 Å². The fraction of sp³-hybridized carbons (Fsp3) is 0.429. The second-order valence-electron chi connectivity index (χ2n) is 3.13. The number of nitrogens with one attached hydrogen (secondary N) is 2. The molecule has 2 N–H and O–H groups in total. The molecule has 1 aliphatic rings. The van der Waals surface area contributed by atoms with Crippen LogP contribution in [0.25, 0.3) is 0 Å². The normalized spacial score (nSPS) is 15.8. The van der Waals surface area contributed by atoms with Crippen LogP contribution in [0.3, 0.4) is 0 Å². The molecule has 0 unspecified atom stereocenters. The molecule has 0 saturated carbocycles. The van der Waals surface area contributed by atoms with Crippen molar-refractivity contribution in [3.63, 3.8) is 0 Å². The molecule has 2 heterocycles. The quantitative estimate of drug-likeness (QED) is 0.443. The van der Waals surface area contributed by atoms with E-state index in [0.29, 0.717) is 0 Å². The molecule has 0 bridgehead atoms. The van der Waals surface area contributed by atoms with Crippen LogP contribution in [0.4, 0.5) is 11.5 Å². The summed E-state index contributed by atoms with van der Waals surface area (Å²) in [7, 11) is 0. The molecule has 0 aliphatic carbocycles. The van der Waals surface area contributed by atoms with E-state index in [1.54, 1.807) is 0 Å². The summed E-state index contributed by atoms with van der Waals surface area (Å²) in [5, 5.41) is 16.6. The third-order valence-electron chi connectivity index (χ3n) is 2.06. The van der Waals surface area contributed by atoms with Gasteiger partial charge in [-0.25, -0.2) is 4.98 Å². The zero-order chi connectivity index (χ0) is 10.8. The van der Waals surface area contributed by atoms with Crippen molar-refractivity contribution in [2.24, 2.45) is 0 Å². The molecular formula is C7H8ClN5O2. The lowest BCUT2D eigenvalue weighted by Crippen LogP contribution is -2.51. The first-order chi connectivity index (χ1) is 7.16. The molecule has 0 aromatic carbocycles. The largest absolute Gasteiger partial charge is 0.359 e. The first-order valence-corrected chi connectivity index (χ1v) is 4.69. The molecule has 15 heavy (non-hydrogen) atoms. The van der Waals surface area contributed by atoms with Crippen LogP contribution >= 0.6 is 11.6 Å². The third-order valence-corrected chi connectivity index (χ3v) is 2.24. The summed E-state index contributed by atoms with van der Waals surface area (Å²) in [5.74, 6) is 0.173. The minimum atomic E-state index is -0.537. The highest BCUT2D eigenvalue weighted by Crippen LogP contribution is 2.22. The number of halogens is 1. The first-order valence-electron chi connectivity index (χ1n) is 4.31.